The maximum absolute atomic E-state index is 11.4. The van der Waals surface area contributed by atoms with Crippen LogP contribution in [0.25, 0.3) is 0 Å². The zero-order valence-electron chi connectivity index (χ0n) is 16.0. The summed E-state index contributed by atoms with van der Waals surface area (Å²) in [6.45, 7) is 17.0. The number of hydrogen-bond donors (Lipinski definition) is 3. The quantitative estimate of drug-likeness (QED) is 0.486. The highest BCUT2D eigenvalue weighted by molar-refractivity contribution is 7.62. The van der Waals surface area contributed by atoms with E-state index in [-0.39, 0.29) is 7.05 Å². The van der Waals surface area contributed by atoms with Gasteiger partial charge in [0.1, 0.15) is 13.3 Å². The van der Waals surface area contributed by atoms with E-state index in [9.17, 15) is 9.13 Å². The van der Waals surface area contributed by atoms with Crippen LogP contribution >= 0.6 is 14.9 Å². The van der Waals surface area contributed by atoms with Crippen LogP contribution in [-0.4, -0.2) is 107 Å². The molecule has 0 aromatic heterocycles. The van der Waals surface area contributed by atoms with Gasteiger partial charge in [0.2, 0.25) is 0 Å². The topological polar surface area (TPSA) is 84.9 Å². The lowest BCUT2D eigenvalue weighted by Gasteiger charge is -2.28. The molecule has 3 N–H and O–H groups in total. The fourth-order valence-corrected chi connectivity index (χ4v) is 3.64. The third kappa shape index (κ3) is 15.7. The van der Waals surface area contributed by atoms with Crippen molar-refractivity contribution < 1.29 is 14.2 Å². The van der Waals surface area contributed by atoms with Gasteiger partial charge in [-0.25, -0.2) is 0 Å². The van der Waals surface area contributed by atoms with Crippen molar-refractivity contribution >= 4 is 22.0 Å². The fourth-order valence-electron chi connectivity index (χ4n) is 2.39. The van der Waals surface area contributed by atoms with E-state index in [0.29, 0.717) is 0 Å². The van der Waals surface area contributed by atoms with E-state index in [1.54, 1.807) is 13.3 Å². The van der Waals surface area contributed by atoms with Gasteiger partial charge in [-0.1, -0.05) is 4.57 Å². The first-order valence-corrected chi connectivity index (χ1v) is 13.5. The Kier molecular flexibility index (Phi) is 13.5. The van der Waals surface area contributed by atoms with Crippen LogP contribution in [0.5, 0.6) is 0 Å². The molecule has 0 aromatic rings. The third-order valence-electron chi connectivity index (χ3n) is 3.43. The molecular formula is C14H36BN4O3P2+. The Bertz CT molecular complexity index is 380. The van der Waals surface area contributed by atoms with Gasteiger partial charge >= 0.3 is 14.9 Å². The molecule has 0 amide bonds. The molecule has 0 spiro atoms. The summed E-state index contributed by atoms with van der Waals surface area (Å²) in [4.78, 5) is 4.33. The number of hydrogen-bond acceptors (Lipinski definition) is 7. The van der Waals surface area contributed by atoms with Gasteiger partial charge in [0.05, 0.1) is 13.4 Å². The first-order chi connectivity index (χ1) is 11.1. The maximum Gasteiger partial charge on any atom is 0.376 e. The van der Waals surface area contributed by atoms with Crippen molar-refractivity contribution in [2.75, 3.05) is 85.3 Å². The molecule has 10 heteroatoms. The Morgan fingerprint density at radius 3 is 1.71 bits per heavy atom. The van der Waals surface area contributed by atoms with Crippen LogP contribution in [0.3, 0.4) is 0 Å². The van der Waals surface area contributed by atoms with Crippen LogP contribution in [0.4, 0.5) is 0 Å². The summed E-state index contributed by atoms with van der Waals surface area (Å²) in [5, 5.41) is 15.6. The van der Waals surface area contributed by atoms with E-state index < -0.39 is 14.9 Å². The molecule has 2 heterocycles. The molecule has 7 nitrogen and oxygen atoms in total. The second-order valence-corrected chi connectivity index (χ2v) is 11.9. The second-order valence-electron chi connectivity index (χ2n) is 6.81. The Hall–Kier alpha value is 0.195. The number of piperazine rings is 2. The third-order valence-corrected chi connectivity index (χ3v) is 4.51. The standard InChI is InChI=1S/C7H17N2OP.C5H13BN2O.C2H6OP/c1-11(2,10)7-9-5-3-8-4-6-9;1-6(9)8-4-2-7-3-5-8;1-4(2)3/h8H,3-7H2,1-2H3;7,9H,2-5H2,1H3;1-2H3/q;;+1. The average molecular weight is 381 g/mol. The minimum atomic E-state index is -1.84. The van der Waals surface area contributed by atoms with Crippen molar-refractivity contribution in [2.24, 2.45) is 0 Å². The van der Waals surface area contributed by atoms with Gasteiger partial charge in [0, 0.05) is 52.4 Å². The smallest absolute Gasteiger partial charge is 0.376 e. The minimum Gasteiger partial charge on any atom is -0.437 e. The summed E-state index contributed by atoms with van der Waals surface area (Å²) in [7, 11) is -2.98. The molecule has 2 aliphatic heterocycles. The lowest BCUT2D eigenvalue weighted by molar-refractivity contribution is 0.274. The van der Waals surface area contributed by atoms with Crippen LogP contribution < -0.4 is 10.6 Å². The summed E-state index contributed by atoms with van der Waals surface area (Å²) >= 11 is 0. The lowest BCUT2D eigenvalue weighted by atomic mass is 9.84. The maximum atomic E-state index is 11.4. The van der Waals surface area contributed by atoms with Crippen molar-refractivity contribution in [3.8, 4) is 0 Å². The van der Waals surface area contributed by atoms with E-state index in [4.69, 9.17) is 5.02 Å². The van der Waals surface area contributed by atoms with E-state index >= 15 is 0 Å². The molecule has 2 aliphatic rings. The molecular weight excluding hydrogens is 345 g/mol. The van der Waals surface area contributed by atoms with Gasteiger partial charge in [0.15, 0.2) is 0 Å². The zero-order valence-corrected chi connectivity index (χ0v) is 17.8. The Balaban J connectivity index is 0.000000367. The molecule has 0 aliphatic carbocycles. The van der Waals surface area contributed by atoms with Crippen LogP contribution in [-0.2, 0) is 9.13 Å². The Morgan fingerprint density at radius 1 is 1.04 bits per heavy atom. The highest BCUT2D eigenvalue weighted by Gasteiger charge is 2.17. The van der Waals surface area contributed by atoms with Crippen LogP contribution in [0.15, 0.2) is 0 Å². The van der Waals surface area contributed by atoms with Gasteiger partial charge in [-0.15, -0.1) is 0 Å². The highest BCUT2D eigenvalue weighted by Crippen LogP contribution is 2.36. The van der Waals surface area contributed by atoms with E-state index in [1.807, 2.05) is 20.2 Å². The number of nitrogens with one attached hydrogen (secondary N) is 2. The Morgan fingerprint density at radius 2 is 1.42 bits per heavy atom. The summed E-state index contributed by atoms with van der Waals surface area (Å²) in [6.07, 6.45) is 0.786. The van der Waals surface area contributed by atoms with Crippen LogP contribution in [0, 0.1) is 0 Å². The molecule has 2 fully saturated rings. The Labute approximate surface area is 149 Å². The molecule has 142 valence electrons. The molecule has 0 saturated carbocycles. The lowest BCUT2D eigenvalue weighted by Crippen LogP contribution is -2.49. The van der Waals surface area contributed by atoms with Crippen molar-refractivity contribution in [3.05, 3.63) is 0 Å². The van der Waals surface area contributed by atoms with Crippen molar-refractivity contribution in [3.63, 3.8) is 0 Å². The summed E-state index contributed by atoms with van der Waals surface area (Å²) < 4.78 is 21.0. The van der Waals surface area contributed by atoms with E-state index in [0.717, 1.165) is 58.6 Å². The van der Waals surface area contributed by atoms with Crippen LogP contribution in [0.2, 0.25) is 6.82 Å². The molecule has 0 radical (unpaired) electrons. The van der Waals surface area contributed by atoms with E-state index in [1.165, 1.54) is 0 Å². The van der Waals surface area contributed by atoms with Crippen molar-refractivity contribution in [2.45, 2.75) is 6.82 Å². The molecule has 0 unspecified atom stereocenters. The monoisotopic (exact) mass is 381 g/mol. The predicted octanol–water partition coefficient (Wildman–Crippen LogP) is 0.547. The zero-order chi connectivity index (χ0) is 18.6. The SMILES string of the molecule is CB(O)N1CCNCC1.CP(C)(=O)CN1CCNCC1.C[P+](C)=O. The second kappa shape index (κ2) is 13.4. The van der Waals surface area contributed by atoms with Crippen LogP contribution in [0.1, 0.15) is 0 Å². The molecule has 2 saturated heterocycles. The average Bonchev–Trinajstić information content (AvgIpc) is 2.47. The molecule has 0 bridgehead atoms. The van der Waals surface area contributed by atoms with Gasteiger partial charge < -0.3 is 25.0 Å². The molecule has 24 heavy (non-hydrogen) atoms. The predicted molar refractivity (Wildman–Crippen MR) is 106 cm³/mol. The van der Waals surface area contributed by atoms with Gasteiger partial charge in [-0.2, -0.15) is 0 Å². The molecule has 0 aromatic carbocycles. The fraction of sp³-hybridized carbons (Fsp3) is 1.00. The number of nitrogens with zero attached hydrogens (tertiary/aromatic N) is 2. The van der Waals surface area contributed by atoms with Gasteiger partial charge in [0.25, 0.3) is 0 Å². The highest BCUT2D eigenvalue weighted by atomic mass is 31.2. The minimum absolute atomic E-state index is 0.271. The first kappa shape index (κ1) is 24.2. The summed E-state index contributed by atoms with van der Waals surface area (Å²) in [5.41, 5.74) is 0. The van der Waals surface area contributed by atoms with Gasteiger partial charge in [-0.3, -0.25) is 4.90 Å². The summed E-state index contributed by atoms with van der Waals surface area (Å²) in [6, 6.07) is 0. The molecule has 2 rings (SSSR count). The normalized spacial score (nSPS) is 19.4. The van der Waals surface area contributed by atoms with Gasteiger partial charge in [-0.05, 0) is 20.2 Å². The van der Waals surface area contributed by atoms with E-state index in [2.05, 4.69) is 20.3 Å². The summed E-state index contributed by atoms with van der Waals surface area (Å²) in [5.74, 6) is 0. The molecule has 0 atom stereocenters. The van der Waals surface area contributed by atoms with Crippen molar-refractivity contribution in [1.82, 2.24) is 20.3 Å². The number of rotatable bonds is 3. The largest absolute Gasteiger partial charge is 0.437 e. The first-order valence-electron chi connectivity index (χ1n) is 8.56. The van der Waals surface area contributed by atoms with Crippen molar-refractivity contribution in [1.29, 1.82) is 0 Å².